The van der Waals surface area contributed by atoms with Crippen molar-refractivity contribution < 1.29 is 14.3 Å². The molecule has 0 bridgehead atoms. The largest absolute Gasteiger partial charge is 0.489 e. The topological polar surface area (TPSA) is 47.6 Å². The van der Waals surface area contributed by atoms with Crippen LogP contribution in [0.5, 0.6) is 5.75 Å². The van der Waals surface area contributed by atoms with Crippen molar-refractivity contribution in [2.75, 3.05) is 5.32 Å². The van der Waals surface area contributed by atoms with Gasteiger partial charge in [-0.15, -0.1) is 0 Å². The molecule has 0 saturated carbocycles. The third-order valence-electron chi connectivity index (χ3n) is 2.84. The number of rotatable bonds is 4. The highest BCUT2D eigenvalue weighted by molar-refractivity contribution is 6.31. The summed E-state index contributed by atoms with van der Waals surface area (Å²) in [6.45, 7) is 5.78. The van der Waals surface area contributed by atoms with Gasteiger partial charge in [-0.3, -0.25) is 5.32 Å². The van der Waals surface area contributed by atoms with Crippen molar-refractivity contribution in [1.82, 2.24) is 0 Å². The van der Waals surface area contributed by atoms with Crippen molar-refractivity contribution in [1.29, 1.82) is 0 Å². The van der Waals surface area contributed by atoms with Crippen molar-refractivity contribution in [3.05, 3.63) is 59.1 Å². The van der Waals surface area contributed by atoms with E-state index in [1.807, 2.05) is 57.2 Å². The molecule has 2 aromatic carbocycles. The van der Waals surface area contributed by atoms with E-state index < -0.39 is 11.7 Å². The molecule has 0 heterocycles. The van der Waals surface area contributed by atoms with Crippen LogP contribution < -0.4 is 10.1 Å². The average molecular weight is 334 g/mol. The summed E-state index contributed by atoms with van der Waals surface area (Å²) in [5.41, 5.74) is 0.870. The minimum atomic E-state index is -0.544. The Morgan fingerprint density at radius 1 is 1.13 bits per heavy atom. The fourth-order valence-electron chi connectivity index (χ4n) is 1.84. The van der Waals surface area contributed by atoms with Crippen LogP contribution in [0.25, 0.3) is 0 Å². The molecule has 0 radical (unpaired) electrons. The van der Waals surface area contributed by atoms with Crippen LogP contribution in [0.2, 0.25) is 5.02 Å². The van der Waals surface area contributed by atoms with Crippen LogP contribution in [0.3, 0.4) is 0 Å². The lowest BCUT2D eigenvalue weighted by Crippen LogP contribution is -2.27. The zero-order valence-electron chi connectivity index (χ0n) is 13.4. The van der Waals surface area contributed by atoms with Crippen molar-refractivity contribution in [2.24, 2.45) is 0 Å². The Morgan fingerprint density at radius 2 is 1.83 bits per heavy atom. The minimum Gasteiger partial charge on any atom is -0.489 e. The Bertz CT molecular complexity index is 666. The molecule has 122 valence electrons. The fraction of sp³-hybridized carbons (Fsp3) is 0.278. The van der Waals surface area contributed by atoms with E-state index in [1.165, 1.54) is 0 Å². The van der Waals surface area contributed by atoms with Gasteiger partial charge in [-0.1, -0.05) is 35.9 Å². The molecule has 0 aliphatic rings. The number of benzene rings is 2. The summed E-state index contributed by atoms with van der Waals surface area (Å²) in [7, 11) is 0. The molecule has 0 fully saturated rings. The lowest BCUT2D eigenvalue weighted by Gasteiger charge is -2.19. The molecule has 0 aliphatic carbocycles. The second-order valence-electron chi connectivity index (χ2n) is 6.03. The number of carbonyl (C=O) groups excluding carboxylic acids is 1. The molecule has 4 nitrogen and oxygen atoms in total. The number of hydrogen-bond acceptors (Lipinski definition) is 3. The first-order chi connectivity index (χ1) is 10.8. The van der Waals surface area contributed by atoms with Crippen molar-refractivity contribution >= 4 is 23.4 Å². The highest BCUT2D eigenvalue weighted by Gasteiger charge is 2.16. The first-order valence-corrected chi connectivity index (χ1v) is 7.67. The summed E-state index contributed by atoms with van der Waals surface area (Å²) in [6.07, 6.45) is -0.512. The van der Waals surface area contributed by atoms with Crippen LogP contribution in [-0.2, 0) is 11.3 Å². The predicted octanol–water partition coefficient (Wildman–Crippen LogP) is 5.27. The standard InChI is InChI=1S/C18H20ClNO3/c1-18(2,3)23-17(21)20-14-10-9-13(16(19)11-14)12-22-15-7-5-4-6-8-15/h4-11H,12H2,1-3H3,(H,20,21). The second kappa shape index (κ2) is 7.38. The molecule has 0 atom stereocenters. The van der Waals surface area contributed by atoms with E-state index in [2.05, 4.69) is 5.32 Å². The molecule has 2 rings (SSSR count). The Kier molecular flexibility index (Phi) is 5.50. The van der Waals surface area contributed by atoms with E-state index in [0.717, 1.165) is 11.3 Å². The molecular formula is C18H20ClNO3. The summed E-state index contributed by atoms with van der Waals surface area (Å²) >= 11 is 6.24. The van der Waals surface area contributed by atoms with Crippen LogP contribution in [0.4, 0.5) is 10.5 Å². The van der Waals surface area contributed by atoms with Crippen molar-refractivity contribution in [3.8, 4) is 5.75 Å². The molecule has 5 heteroatoms. The maximum Gasteiger partial charge on any atom is 0.412 e. The molecular weight excluding hydrogens is 314 g/mol. The molecule has 0 aromatic heterocycles. The second-order valence-corrected chi connectivity index (χ2v) is 6.44. The van der Waals surface area contributed by atoms with E-state index in [0.29, 0.717) is 17.3 Å². The van der Waals surface area contributed by atoms with Gasteiger partial charge in [0.2, 0.25) is 0 Å². The first kappa shape index (κ1) is 17.2. The first-order valence-electron chi connectivity index (χ1n) is 7.30. The highest BCUT2D eigenvalue weighted by Crippen LogP contribution is 2.23. The number of ether oxygens (including phenoxy) is 2. The van der Waals surface area contributed by atoms with E-state index in [4.69, 9.17) is 21.1 Å². The lowest BCUT2D eigenvalue weighted by atomic mass is 10.2. The Balaban J connectivity index is 1.96. The lowest BCUT2D eigenvalue weighted by molar-refractivity contribution is 0.0636. The predicted molar refractivity (Wildman–Crippen MR) is 92.1 cm³/mol. The number of halogens is 1. The maximum atomic E-state index is 11.7. The number of para-hydroxylation sites is 1. The Hall–Kier alpha value is -2.20. The van der Waals surface area contributed by atoms with Crippen molar-refractivity contribution in [2.45, 2.75) is 33.0 Å². The molecule has 0 unspecified atom stereocenters. The smallest absolute Gasteiger partial charge is 0.412 e. The highest BCUT2D eigenvalue weighted by atomic mass is 35.5. The Morgan fingerprint density at radius 3 is 2.43 bits per heavy atom. The molecule has 0 aliphatic heterocycles. The van der Waals surface area contributed by atoms with E-state index in [1.54, 1.807) is 12.1 Å². The molecule has 23 heavy (non-hydrogen) atoms. The third kappa shape index (κ3) is 5.83. The van der Waals surface area contributed by atoms with Gasteiger partial charge in [-0.05, 0) is 45.0 Å². The van der Waals surface area contributed by atoms with Gasteiger partial charge in [0.05, 0.1) is 0 Å². The van der Waals surface area contributed by atoms with Gasteiger partial charge < -0.3 is 9.47 Å². The Labute approximate surface area is 141 Å². The number of carbonyl (C=O) groups is 1. The summed E-state index contributed by atoms with van der Waals surface area (Å²) < 4.78 is 10.9. The quantitative estimate of drug-likeness (QED) is 0.829. The van der Waals surface area contributed by atoms with Crippen LogP contribution in [0.1, 0.15) is 26.3 Å². The molecule has 1 N–H and O–H groups in total. The molecule has 0 saturated heterocycles. The minimum absolute atomic E-state index is 0.357. The fourth-order valence-corrected chi connectivity index (χ4v) is 2.08. The van der Waals surface area contributed by atoms with Gasteiger partial charge >= 0.3 is 6.09 Å². The summed E-state index contributed by atoms with van der Waals surface area (Å²) in [5.74, 6) is 0.777. The van der Waals surface area contributed by atoms with Gasteiger partial charge in [0.15, 0.2) is 0 Å². The van der Waals surface area contributed by atoms with Gasteiger partial charge in [0.25, 0.3) is 0 Å². The average Bonchev–Trinajstić information content (AvgIpc) is 2.45. The number of anilines is 1. The van der Waals surface area contributed by atoms with Crippen LogP contribution in [-0.4, -0.2) is 11.7 Å². The van der Waals surface area contributed by atoms with Crippen LogP contribution in [0.15, 0.2) is 48.5 Å². The van der Waals surface area contributed by atoms with Gasteiger partial charge in [-0.25, -0.2) is 4.79 Å². The van der Waals surface area contributed by atoms with Crippen LogP contribution >= 0.6 is 11.6 Å². The number of hydrogen-bond donors (Lipinski definition) is 1. The molecule has 0 spiro atoms. The third-order valence-corrected chi connectivity index (χ3v) is 3.19. The van der Waals surface area contributed by atoms with E-state index in [9.17, 15) is 4.79 Å². The molecule has 1 amide bonds. The van der Waals surface area contributed by atoms with Gasteiger partial charge in [-0.2, -0.15) is 0 Å². The molecule has 2 aromatic rings. The summed E-state index contributed by atoms with van der Waals surface area (Å²) in [5, 5.41) is 3.18. The summed E-state index contributed by atoms with van der Waals surface area (Å²) in [6, 6.07) is 14.8. The van der Waals surface area contributed by atoms with E-state index >= 15 is 0 Å². The maximum absolute atomic E-state index is 11.7. The summed E-state index contributed by atoms with van der Waals surface area (Å²) in [4.78, 5) is 11.7. The zero-order chi connectivity index (χ0) is 16.9. The van der Waals surface area contributed by atoms with Gasteiger partial charge in [0, 0.05) is 16.3 Å². The normalized spacial score (nSPS) is 11.0. The monoisotopic (exact) mass is 333 g/mol. The van der Waals surface area contributed by atoms with Crippen molar-refractivity contribution in [3.63, 3.8) is 0 Å². The zero-order valence-corrected chi connectivity index (χ0v) is 14.2. The number of nitrogens with one attached hydrogen (secondary N) is 1. The SMILES string of the molecule is CC(C)(C)OC(=O)Nc1ccc(COc2ccccc2)c(Cl)c1. The van der Waals surface area contributed by atoms with E-state index in [-0.39, 0.29) is 0 Å². The number of amides is 1. The van der Waals surface area contributed by atoms with Crippen LogP contribution in [0, 0.1) is 0 Å². The van der Waals surface area contributed by atoms with Gasteiger partial charge in [0.1, 0.15) is 18.0 Å².